The first-order valence-electron chi connectivity index (χ1n) is 5.22. The number of hydrogen-bond donors (Lipinski definition) is 6. The van der Waals surface area contributed by atoms with Crippen LogP contribution in [0.2, 0.25) is 0 Å². The molecule has 6 N–H and O–H groups in total. The number of H-pyrrole nitrogens is 2. The molecular weight excluding hydrogens is 228 g/mol. The lowest BCUT2D eigenvalue weighted by atomic mass is 10.0. The monoisotopic (exact) mass is 242 g/mol. The first-order valence-corrected chi connectivity index (χ1v) is 5.22. The molecule has 0 fully saturated rings. The number of aromatic amines is 2. The van der Waals surface area contributed by atoms with E-state index in [9.17, 15) is 19.8 Å². The average molecular weight is 242 g/mol. The van der Waals surface area contributed by atoms with Gasteiger partial charge in [-0.25, -0.2) is 4.79 Å². The summed E-state index contributed by atoms with van der Waals surface area (Å²) < 4.78 is 0. The Morgan fingerprint density at radius 2 is 2.00 bits per heavy atom. The Bertz CT molecular complexity index is 520. The molecule has 0 saturated carbocycles. The molecule has 0 amide bonds. The Hall–Kier alpha value is -1.80. The lowest BCUT2D eigenvalue weighted by molar-refractivity contribution is 0.0214. The summed E-state index contributed by atoms with van der Waals surface area (Å²) in [4.78, 5) is 27.0. The van der Waals surface area contributed by atoms with Crippen molar-refractivity contribution in [1.29, 1.82) is 0 Å². The molecule has 1 aliphatic heterocycles. The molecule has 2 heterocycles. The van der Waals surface area contributed by atoms with Crippen molar-refractivity contribution in [3.05, 3.63) is 20.8 Å². The van der Waals surface area contributed by atoms with Crippen molar-refractivity contribution in [2.45, 2.75) is 25.2 Å². The van der Waals surface area contributed by atoms with Gasteiger partial charge in [0, 0.05) is 6.54 Å². The number of anilines is 2. The second-order valence-electron chi connectivity index (χ2n) is 4.02. The molecule has 1 aliphatic rings. The fourth-order valence-electron chi connectivity index (χ4n) is 1.75. The van der Waals surface area contributed by atoms with E-state index in [2.05, 4.69) is 20.6 Å². The van der Waals surface area contributed by atoms with E-state index in [0.717, 1.165) is 0 Å². The molecule has 0 bridgehead atoms. The van der Waals surface area contributed by atoms with E-state index in [0.29, 0.717) is 6.54 Å². The Labute approximate surface area is 95.7 Å². The number of aromatic nitrogens is 2. The Morgan fingerprint density at radius 3 is 2.65 bits per heavy atom. The topological polar surface area (TPSA) is 130 Å². The molecule has 0 radical (unpaired) electrons. The number of aliphatic hydroxyl groups is 2. The third kappa shape index (κ3) is 2.17. The summed E-state index contributed by atoms with van der Waals surface area (Å²) in [5.41, 5.74) is -1.02. The van der Waals surface area contributed by atoms with Gasteiger partial charge in [-0.1, -0.05) is 0 Å². The molecule has 1 aromatic heterocycles. The SMILES string of the molecule is C[C@H](O)[C@H](O)[C@@H]1CNc2[nH]c(=O)[nH]c(=O)c2N1. The summed E-state index contributed by atoms with van der Waals surface area (Å²) in [7, 11) is 0. The van der Waals surface area contributed by atoms with Gasteiger partial charge in [-0.2, -0.15) is 0 Å². The van der Waals surface area contributed by atoms with Gasteiger partial charge in [0.2, 0.25) is 0 Å². The number of rotatable bonds is 2. The summed E-state index contributed by atoms with van der Waals surface area (Å²) >= 11 is 0. The Balaban J connectivity index is 2.31. The normalized spacial score (nSPS) is 21.9. The quantitative estimate of drug-likeness (QED) is 0.356. The van der Waals surface area contributed by atoms with E-state index >= 15 is 0 Å². The van der Waals surface area contributed by atoms with E-state index in [1.165, 1.54) is 6.92 Å². The van der Waals surface area contributed by atoms with E-state index in [1.807, 2.05) is 0 Å². The van der Waals surface area contributed by atoms with Crippen molar-refractivity contribution in [3.8, 4) is 0 Å². The van der Waals surface area contributed by atoms with Crippen LogP contribution in [0.5, 0.6) is 0 Å². The van der Waals surface area contributed by atoms with E-state index in [-0.39, 0.29) is 11.5 Å². The second kappa shape index (κ2) is 4.22. The molecule has 17 heavy (non-hydrogen) atoms. The van der Waals surface area contributed by atoms with E-state index < -0.39 is 29.5 Å². The molecule has 94 valence electrons. The van der Waals surface area contributed by atoms with Crippen LogP contribution in [0.25, 0.3) is 0 Å². The first kappa shape index (κ1) is 11.7. The van der Waals surface area contributed by atoms with Gasteiger partial charge >= 0.3 is 5.69 Å². The van der Waals surface area contributed by atoms with Gasteiger partial charge in [0.1, 0.15) is 17.6 Å². The molecule has 8 nitrogen and oxygen atoms in total. The number of nitrogens with one attached hydrogen (secondary N) is 4. The van der Waals surface area contributed by atoms with Gasteiger partial charge in [0.05, 0.1) is 12.1 Å². The molecule has 0 saturated heterocycles. The highest BCUT2D eigenvalue weighted by Crippen LogP contribution is 2.19. The van der Waals surface area contributed by atoms with Crippen LogP contribution in [-0.4, -0.2) is 45.0 Å². The van der Waals surface area contributed by atoms with Crippen molar-refractivity contribution in [1.82, 2.24) is 9.97 Å². The molecule has 0 aromatic carbocycles. The molecule has 0 spiro atoms. The number of fused-ring (bicyclic) bond motifs is 1. The molecule has 2 rings (SSSR count). The van der Waals surface area contributed by atoms with Gasteiger partial charge in [0.15, 0.2) is 0 Å². The molecule has 0 unspecified atom stereocenters. The van der Waals surface area contributed by atoms with Gasteiger partial charge in [-0.15, -0.1) is 0 Å². The van der Waals surface area contributed by atoms with E-state index in [1.54, 1.807) is 0 Å². The minimum Gasteiger partial charge on any atom is -0.391 e. The third-order valence-corrected chi connectivity index (χ3v) is 2.68. The smallest absolute Gasteiger partial charge is 0.327 e. The van der Waals surface area contributed by atoms with Crippen molar-refractivity contribution >= 4 is 11.5 Å². The van der Waals surface area contributed by atoms with Crippen LogP contribution in [0.3, 0.4) is 0 Å². The zero-order valence-electron chi connectivity index (χ0n) is 9.15. The maximum Gasteiger partial charge on any atom is 0.327 e. The largest absolute Gasteiger partial charge is 0.391 e. The van der Waals surface area contributed by atoms with Gasteiger partial charge < -0.3 is 20.8 Å². The maximum atomic E-state index is 11.5. The highest BCUT2D eigenvalue weighted by atomic mass is 16.3. The second-order valence-corrected chi connectivity index (χ2v) is 4.02. The average Bonchev–Trinajstić information content (AvgIpc) is 2.27. The minimum absolute atomic E-state index is 0.153. The first-order chi connectivity index (χ1) is 7.99. The van der Waals surface area contributed by atoms with Gasteiger partial charge in [-0.05, 0) is 6.92 Å². The molecule has 1 aromatic rings. The molecule has 8 heteroatoms. The van der Waals surface area contributed by atoms with Gasteiger partial charge in [-0.3, -0.25) is 14.8 Å². The third-order valence-electron chi connectivity index (χ3n) is 2.68. The van der Waals surface area contributed by atoms with Crippen molar-refractivity contribution in [3.63, 3.8) is 0 Å². The van der Waals surface area contributed by atoms with Crippen LogP contribution in [0.4, 0.5) is 11.5 Å². The van der Waals surface area contributed by atoms with Crippen molar-refractivity contribution in [2.24, 2.45) is 0 Å². The summed E-state index contributed by atoms with van der Waals surface area (Å²) in [6.45, 7) is 1.75. The van der Waals surface area contributed by atoms with Crippen LogP contribution in [-0.2, 0) is 0 Å². The molecule has 0 aliphatic carbocycles. The summed E-state index contributed by atoms with van der Waals surface area (Å²) in [6, 6.07) is -0.505. The highest BCUT2D eigenvalue weighted by Gasteiger charge is 2.28. The lowest BCUT2D eigenvalue weighted by Crippen LogP contribution is -2.49. The maximum absolute atomic E-state index is 11.5. The van der Waals surface area contributed by atoms with Gasteiger partial charge in [0.25, 0.3) is 5.56 Å². The standard InChI is InChI=1S/C9H14N4O4/c1-3(14)6(15)4-2-10-7-5(11-4)8(16)13-9(17)12-7/h3-4,6,11,14-15H,2H2,1H3,(H3,10,12,13,16,17)/t3-,4-,6-/m0/s1. The Morgan fingerprint density at radius 1 is 1.29 bits per heavy atom. The lowest BCUT2D eigenvalue weighted by Gasteiger charge is -2.31. The summed E-state index contributed by atoms with van der Waals surface area (Å²) in [5, 5.41) is 24.6. The highest BCUT2D eigenvalue weighted by molar-refractivity contribution is 5.65. The van der Waals surface area contributed by atoms with Crippen molar-refractivity contribution in [2.75, 3.05) is 17.2 Å². The van der Waals surface area contributed by atoms with Crippen LogP contribution < -0.4 is 21.9 Å². The van der Waals surface area contributed by atoms with Crippen molar-refractivity contribution < 1.29 is 10.2 Å². The van der Waals surface area contributed by atoms with E-state index in [4.69, 9.17) is 0 Å². The predicted octanol–water partition coefficient (Wildman–Crippen LogP) is -1.99. The zero-order valence-corrected chi connectivity index (χ0v) is 9.15. The number of hydrogen-bond acceptors (Lipinski definition) is 6. The van der Waals surface area contributed by atoms with Crippen LogP contribution in [0.1, 0.15) is 6.92 Å². The summed E-state index contributed by atoms with van der Waals surface area (Å²) in [6.07, 6.45) is -1.93. The minimum atomic E-state index is -1.01. The zero-order chi connectivity index (χ0) is 12.6. The van der Waals surface area contributed by atoms with Crippen LogP contribution >= 0.6 is 0 Å². The predicted molar refractivity (Wildman–Crippen MR) is 61.3 cm³/mol. The van der Waals surface area contributed by atoms with Crippen LogP contribution in [0, 0.1) is 0 Å². The number of aliphatic hydroxyl groups excluding tert-OH is 2. The van der Waals surface area contributed by atoms with Crippen LogP contribution in [0.15, 0.2) is 9.59 Å². The summed E-state index contributed by atoms with van der Waals surface area (Å²) in [5.74, 6) is 0.285. The fraction of sp³-hybridized carbons (Fsp3) is 0.556. The molecular formula is C9H14N4O4. The fourth-order valence-corrected chi connectivity index (χ4v) is 1.75. The molecule has 3 atom stereocenters. The Kier molecular flexibility index (Phi) is 2.90.